The van der Waals surface area contributed by atoms with Crippen LogP contribution in [0.1, 0.15) is 31.0 Å². The van der Waals surface area contributed by atoms with Gasteiger partial charge in [-0.3, -0.25) is 4.90 Å². The van der Waals surface area contributed by atoms with E-state index in [0.717, 1.165) is 43.2 Å². The van der Waals surface area contributed by atoms with Gasteiger partial charge in [-0.05, 0) is 38.1 Å². The van der Waals surface area contributed by atoms with Crippen LogP contribution in [0.2, 0.25) is 0 Å². The number of carbonyl (C=O) groups is 1. The molecule has 2 aliphatic heterocycles. The van der Waals surface area contributed by atoms with Gasteiger partial charge in [0.15, 0.2) is 5.72 Å². The first kappa shape index (κ1) is 21.5. The Kier molecular flexibility index (Phi) is 6.08. The molecule has 166 valence electrons. The minimum Gasteiger partial charge on any atom is -0.444 e. The number of piperazine rings is 1. The number of amides is 1. The molecule has 31 heavy (non-hydrogen) atoms. The van der Waals surface area contributed by atoms with Gasteiger partial charge in [0.25, 0.3) is 0 Å². The van der Waals surface area contributed by atoms with Crippen molar-refractivity contribution >= 4 is 17.9 Å². The standard InChI is InChI=1S/C22H30N6O3/c1-16(18-6-4-17(5-7-18)14-27-12-10-26(3)11-13-27)24-20-23-9-8-19(25-20)28-21(29)31-15-22(28,2)30/h4-9,16,30H,10-15H2,1-3H3,(H,23,24,25)/t16-,22?/m0/s1. The molecule has 0 bridgehead atoms. The number of nitrogens with zero attached hydrogens (tertiary/aromatic N) is 5. The van der Waals surface area contributed by atoms with Crippen LogP contribution < -0.4 is 10.2 Å². The van der Waals surface area contributed by atoms with Gasteiger partial charge in [-0.2, -0.15) is 4.98 Å². The Morgan fingerprint density at radius 1 is 1.19 bits per heavy atom. The highest BCUT2D eigenvalue weighted by Gasteiger charge is 2.44. The minimum absolute atomic E-state index is 0.0287. The van der Waals surface area contributed by atoms with Crippen molar-refractivity contribution in [1.29, 1.82) is 0 Å². The van der Waals surface area contributed by atoms with Gasteiger partial charge in [0, 0.05) is 38.9 Å². The summed E-state index contributed by atoms with van der Waals surface area (Å²) in [5, 5.41) is 13.7. The van der Waals surface area contributed by atoms with Crippen LogP contribution in [-0.4, -0.2) is 76.5 Å². The van der Waals surface area contributed by atoms with E-state index >= 15 is 0 Å². The third-order valence-corrected chi connectivity index (χ3v) is 5.83. The summed E-state index contributed by atoms with van der Waals surface area (Å²) in [6.45, 7) is 8.84. The van der Waals surface area contributed by atoms with E-state index in [-0.39, 0.29) is 12.6 Å². The lowest BCUT2D eigenvalue weighted by atomic mass is 10.1. The molecule has 2 aliphatic rings. The van der Waals surface area contributed by atoms with Crippen LogP contribution >= 0.6 is 0 Å². The van der Waals surface area contributed by atoms with Crippen LogP contribution in [0.4, 0.5) is 16.6 Å². The Bertz CT molecular complexity index is 912. The lowest BCUT2D eigenvalue weighted by Crippen LogP contribution is -2.45. The van der Waals surface area contributed by atoms with Crippen molar-refractivity contribution in [2.45, 2.75) is 32.2 Å². The van der Waals surface area contributed by atoms with E-state index in [1.165, 1.54) is 12.5 Å². The fourth-order valence-corrected chi connectivity index (χ4v) is 3.86. The second kappa shape index (κ2) is 8.78. The first-order valence-electron chi connectivity index (χ1n) is 10.6. The van der Waals surface area contributed by atoms with E-state index in [0.29, 0.717) is 11.8 Å². The Balaban J connectivity index is 1.39. The summed E-state index contributed by atoms with van der Waals surface area (Å²) >= 11 is 0. The molecule has 2 saturated heterocycles. The smallest absolute Gasteiger partial charge is 0.418 e. The van der Waals surface area contributed by atoms with Crippen molar-refractivity contribution in [3.05, 3.63) is 47.7 Å². The Labute approximate surface area is 182 Å². The maximum absolute atomic E-state index is 12.0. The van der Waals surface area contributed by atoms with Gasteiger partial charge < -0.3 is 20.1 Å². The summed E-state index contributed by atoms with van der Waals surface area (Å²) in [7, 11) is 2.17. The summed E-state index contributed by atoms with van der Waals surface area (Å²) < 4.78 is 4.95. The zero-order valence-corrected chi connectivity index (χ0v) is 18.3. The van der Waals surface area contributed by atoms with Gasteiger partial charge in [0.2, 0.25) is 5.95 Å². The van der Waals surface area contributed by atoms with Crippen molar-refractivity contribution in [3.8, 4) is 0 Å². The number of benzene rings is 1. The highest BCUT2D eigenvalue weighted by Crippen LogP contribution is 2.28. The summed E-state index contributed by atoms with van der Waals surface area (Å²) in [6.07, 6.45) is 0.928. The molecule has 1 amide bonds. The topological polar surface area (TPSA) is 94.1 Å². The monoisotopic (exact) mass is 426 g/mol. The second-order valence-corrected chi connectivity index (χ2v) is 8.53. The van der Waals surface area contributed by atoms with Crippen molar-refractivity contribution in [3.63, 3.8) is 0 Å². The number of hydrogen-bond acceptors (Lipinski definition) is 8. The molecule has 0 aliphatic carbocycles. The third-order valence-electron chi connectivity index (χ3n) is 5.83. The summed E-state index contributed by atoms with van der Waals surface area (Å²) in [6, 6.07) is 10.1. The SMILES string of the molecule is C[C@H](Nc1nccc(N2C(=O)OCC2(C)O)n1)c1ccc(CN2CCN(C)CC2)cc1. The van der Waals surface area contributed by atoms with Crippen LogP contribution in [0.15, 0.2) is 36.5 Å². The fourth-order valence-electron chi connectivity index (χ4n) is 3.86. The Hall–Kier alpha value is -2.75. The molecule has 1 unspecified atom stereocenters. The summed E-state index contributed by atoms with van der Waals surface area (Å²) in [4.78, 5) is 26.6. The van der Waals surface area contributed by atoms with E-state index in [4.69, 9.17) is 4.74 Å². The number of likely N-dealkylation sites (N-methyl/N-ethyl adjacent to an activating group) is 1. The molecule has 2 aromatic rings. The zero-order chi connectivity index (χ0) is 22.0. The molecule has 4 rings (SSSR count). The van der Waals surface area contributed by atoms with Crippen molar-refractivity contribution in [2.75, 3.05) is 50.1 Å². The number of aromatic nitrogens is 2. The van der Waals surface area contributed by atoms with Crippen LogP contribution in [0.3, 0.4) is 0 Å². The fraction of sp³-hybridized carbons (Fsp3) is 0.500. The van der Waals surface area contributed by atoms with Gasteiger partial charge in [0.05, 0.1) is 6.04 Å². The maximum Gasteiger partial charge on any atom is 0.418 e. The van der Waals surface area contributed by atoms with Gasteiger partial charge >= 0.3 is 6.09 Å². The van der Waals surface area contributed by atoms with E-state index in [1.807, 2.05) is 6.92 Å². The number of ether oxygens (including phenoxy) is 1. The molecule has 3 heterocycles. The number of hydrogen-bond donors (Lipinski definition) is 2. The lowest BCUT2D eigenvalue weighted by Gasteiger charge is -2.32. The molecule has 2 fully saturated rings. The average Bonchev–Trinajstić information content (AvgIpc) is 3.02. The zero-order valence-electron chi connectivity index (χ0n) is 18.3. The van der Waals surface area contributed by atoms with Crippen molar-refractivity contribution in [2.24, 2.45) is 0 Å². The van der Waals surface area contributed by atoms with E-state index in [2.05, 4.69) is 56.4 Å². The normalized spacial score (nSPS) is 23.6. The number of nitrogens with one attached hydrogen (secondary N) is 1. The van der Waals surface area contributed by atoms with E-state index in [1.54, 1.807) is 12.3 Å². The van der Waals surface area contributed by atoms with Crippen LogP contribution in [0, 0.1) is 0 Å². The number of rotatable bonds is 6. The first-order valence-corrected chi connectivity index (χ1v) is 10.6. The van der Waals surface area contributed by atoms with Crippen molar-refractivity contribution in [1.82, 2.24) is 19.8 Å². The molecule has 0 radical (unpaired) electrons. The van der Waals surface area contributed by atoms with Crippen molar-refractivity contribution < 1.29 is 14.6 Å². The molecule has 2 N–H and O–H groups in total. The molecule has 1 aromatic carbocycles. The number of anilines is 2. The largest absolute Gasteiger partial charge is 0.444 e. The second-order valence-electron chi connectivity index (χ2n) is 8.53. The average molecular weight is 427 g/mol. The van der Waals surface area contributed by atoms with Gasteiger partial charge in [0.1, 0.15) is 12.4 Å². The van der Waals surface area contributed by atoms with Gasteiger partial charge in [-0.15, -0.1) is 0 Å². The van der Waals surface area contributed by atoms with E-state index < -0.39 is 11.8 Å². The Morgan fingerprint density at radius 2 is 1.90 bits per heavy atom. The quantitative estimate of drug-likeness (QED) is 0.725. The molecule has 2 atom stereocenters. The maximum atomic E-state index is 12.0. The van der Waals surface area contributed by atoms with Gasteiger partial charge in [-0.25, -0.2) is 14.7 Å². The summed E-state index contributed by atoms with van der Waals surface area (Å²) in [5.74, 6) is 0.668. The van der Waals surface area contributed by atoms with Crippen LogP contribution in [-0.2, 0) is 11.3 Å². The van der Waals surface area contributed by atoms with Crippen LogP contribution in [0.5, 0.6) is 0 Å². The van der Waals surface area contributed by atoms with E-state index in [9.17, 15) is 9.90 Å². The first-order chi connectivity index (χ1) is 14.8. The number of cyclic esters (lactones) is 1. The molecular weight excluding hydrogens is 396 g/mol. The molecule has 1 aromatic heterocycles. The minimum atomic E-state index is -1.44. The number of carbonyl (C=O) groups excluding carboxylic acids is 1. The highest BCUT2D eigenvalue weighted by atomic mass is 16.6. The molecule has 0 saturated carbocycles. The molecule has 0 spiro atoms. The Morgan fingerprint density at radius 3 is 2.55 bits per heavy atom. The van der Waals surface area contributed by atoms with Gasteiger partial charge in [-0.1, -0.05) is 24.3 Å². The van der Waals surface area contributed by atoms with Crippen LogP contribution in [0.25, 0.3) is 0 Å². The third kappa shape index (κ3) is 4.95. The lowest BCUT2D eigenvalue weighted by molar-refractivity contribution is 0.0475. The summed E-state index contributed by atoms with van der Waals surface area (Å²) in [5.41, 5.74) is 0.978. The predicted molar refractivity (Wildman–Crippen MR) is 118 cm³/mol. The molecular formula is C22H30N6O3. The molecule has 9 heteroatoms. The predicted octanol–water partition coefficient (Wildman–Crippen LogP) is 2.06. The number of aliphatic hydroxyl groups is 1. The molecule has 9 nitrogen and oxygen atoms in total. The highest BCUT2D eigenvalue weighted by molar-refractivity contribution is 5.89.